The molecule has 0 fully saturated rings. The van der Waals surface area contributed by atoms with Gasteiger partial charge in [0, 0.05) is 17.3 Å². The molecule has 1 heterocycles. The molecule has 0 aromatic heterocycles. The van der Waals surface area contributed by atoms with E-state index in [-0.39, 0.29) is 27.6 Å². The molecule has 0 radical (unpaired) electrons. The topological polar surface area (TPSA) is 61.7 Å². The summed E-state index contributed by atoms with van der Waals surface area (Å²) in [4.78, 5) is 0. The normalized spacial score (nSPS) is 16.6. The van der Waals surface area contributed by atoms with Gasteiger partial charge >= 0.3 is 0 Å². The van der Waals surface area contributed by atoms with E-state index >= 15 is 0 Å². The maximum Gasteiger partial charge on any atom is 0.152 e. The first-order chi connectivity index (χ1) is 9.54. The van der Waals surface area contributed by atoms with Crippen LogP contribution in [0.15, 0.2) is 30.3 Å². The maximum atomic E-state index is 9.54. The molecule has 2 aromatic carbocycles. The summed E-state index contributed by atoms with van der Waals surface area (Å²) in [6.07, 6.45) is 0. The number of fused-ring (bicyclic) bond motifs is 1. The van der Waals surface area contributed by atoms with E-state index in [9.17, 15) is 10.2 Å². The highest BCUT2D eigenvalue weighted by atomic mass is 35.5. The zero-order chi connectivity index (χ0) is 14.3. The standard InChI is InChI=1S/C14H11Cl2NO3/c15-10-3-7(4-11(16)14(10)19)17-12-6-20-13-5-8(18)1-2-9(12)13/h1-5,12,17-19H,6H2. The lowest BCUT2D eigenvalue weighted by molar-refractivity contribution is 0.338. The monoisotopic (exact) mass is 311 g/mol. The minimum Gasteiger partial charge on any atom is -0.508 e. The van der Waals surface area contributed by atoms with Crippen molar-refractivity contribution in [3.63, 3.8) is 0 Å². The van der Waals surface area contributed by atoms with Crippen LogP contribution in [0.1, 0.15) is 11.6 Å². The summed E-state index contributed by atoms with van der Waals surface area (Å²) < 4.78 is 5.51. The Hall–Kier alpha value is -1.78. The largest absolute Gasteiger partial charge is 0.508 e. The fraction of sp³-hybridized carbons (Fsp3) is 0.143. The SMILES string of the molecule is Oc1ccc2c(c1)OCC2Nc1cc(Cl)c(O)c(Cl)c1. The van der Waals surface area contributed by atoms with Gasteiger partial charge < -0.3 is 20.3 Å². The Balaban J connectivity index is 1.87. The molecule has 1 atom stereocenters. The van der Waals surface area contributed by atoms with Crippen LogP contribution >= 0.6 is 23.2 Å². The number of hydrogen-bond donors (Lipinski definition) is 3. The van der Waals surface area contributed by atoms with Crippen molar-refractivity contribution < 1.29 is 14.9 Å². The Kier molecular flexibility index (Phi) is 3.28. The lowest BCUT2D eigenvalue weighted by Gasteiger charge is -2.14. The number of nitrogens with one attached hydrogen (secondary N) is 1. The molecule has 1 aliphatic heterocycles. The van der Waals surface area contributed by atoms with E-state index < -0.39 is 0 Å². The summed E-state index contributed by atoms with van der Waals surface area (Å²) in [6, 6.07) is 8.12. The Morgan fingerprint density at radius 2 is 1.80 bits per heavy atom. The Morgan fingerprint density at radius 1 is 1.10 bits per heavy atom. The van der Waals surface area contributed by atoms with Gasteiger partial charge in [-0.2, -0.15) is 0 Å². The minimum atomic E-state index is -0.133. The molecular weight excluding hydrogens is 301 g/mol. The first-order valence-electron chi connectivity index (χ1n) is 5.95. The van der Waals surface area contributed by atoms with Gasteiger partial charge in [0.15, 0.2) is 5.75 Å². The highest BCUT2D eigenvalue weighted by molar-refractivity contribution is 6.37. The van der Waals surface area contributed by atoms with Crippen LogP contribution in [-0.2, 0) is 0 Å². The lowest BCUT2D eigenvalue weighted by atomic mass is 10.1. The van der Waals surface area contributed by atoms with E-state index in [1.54, 1.807) is 30.3 Å². The van der Waals surface area contributed by atoms with Crippen LogP contribution in [0.25, 0.3) is 0 Å². The number of rotatable bonds is 2. The van der Waals surface area contributed by atoms with Gasteiger partial charge in [-0.3, -0.25) is 0 Å². The van der Waals surface area contributed by atoms with E-state index in [1.807, 2.05) is 0 Å². The van der Waals surface area contributed by atoms with Gasteiger partial charge in [-0.15, -0.1) is 0 Å². The molecule has 0 bridgehead atoms. The third-order valence-corrected chi connectivity index (χ3v) is 3.71. The molecule has 6 heteroatoms. The zero-order valence-corrected chi connectivity index (χ0v) is 11.7. The average molecular weight is 312 g/mol. The first kappa shape index (κ1) is 13.2. The first-order valence-corrected chi connectivity index (χ1v) is 6.70. The van der Waals surface area contributed by atoms with Gasteiger partial charge in [0.2, 0.25) is 0 Å². The second-order valence-electron chi connectivity index (χ2n) is 4.52. The highest BCUT2D eigenvalue weighted by Gasteiger charge is 2.24. The lowest BCUT2D eigenvalue weighted by Crippen LogP contribution is -2.11. The van der Waals surface area contributed by atoms with Crippen molar-refractivity contribution in [1.82, 2.24) is 0 Å². The summed E-state index contributed by atoms with van der Waals surface area (Å²) in [5.74, 6) is 0.686. The quantitative estimate of drug-likeness (QED) is 0.735. The van der Waals surface area contributed by atoms with Crippen molar-refractivity contribution in [2.24, 2.45) is 0 Å². The Labute approximate surface area is 125 Å². The second kappa shape index (κ2) is 4.96. The van der Waals surface area contributed by atoms with Crippen LogP contribution in [0.5, 0.6) is 17.2 Å². The van der Waals surface area contributed by atoms with Gasteiger partial charge in [-0.25, -0.2) is 0 Å². The van der Waals surface area contributed by atoms with Crippen molar-refractivity contribution in [1.29, 1.82) is 0 Å². The number of aromatic hydroxyl groups is 2. The predicted octanol–water partition coefficient (Wildman–Crippen LogP) is 3.95. The van der Waals surface area contributed by atoms with E-state index in [0.717, 1.165) is 5.56 Å². The van der Waals surface area contributed by atoms with Crippen molar-refractivity contribution in [2.75, 3.05) is 11.9 Å². The third kappa shape index (κ3) is 2.32. The fourth-order valence-electron chi connectivity index (χ4n) is 2.17. The van der Waals surface area contributed by atoms with E-state index in [0.29, 0.717) is 18.0 Å². The number of halogens is 2. The van der Waals surface area contributed by atoms with Crippen LogP contribution in [0, 0.1) is 0 Å². The van der Waals surface area contributed by atoms with Gasteiger partial charge in [-0.05, 0) is 24.3 Å². The molecule has 3 N–H and O–H groups in total. The molecule has 3 rings (SSSR count). The molecule has 0 amide bonds. The molecular formula is C14H11Cl2NO3. The summed E-state index contributed by atoms with van der Waals surface area (Å²) in [7, 11) is 0. The molecule has 104 valence electrons. The zero-order valence-electron chi connectivity index (χ0n) is 10.2. The summed E-state index contributed by atoms with van der Waals surface area (Å²) in [5.41, 5.74) is 1.63. The summed E-state index contributed by atoms with van der Waals surface area (Å²) in [5, 5.41) is 22.6. The molecule has 0 spiro atoms. The smallest absolute Gasteiger partial charge is 0.152 e. The van der Waals surface area contributed by atoms with Crippen molar-refractivity contribution in [3.8, 4) is 17.2 Å². The number of benzene rings is 2. The number of ether oxygens (including phenoxy) is 1. The summed E-state index contributed by atoms with van der Waals surface area (Å²) in [6.45, 7) is 0.439. The minimum absolute atomic E-state index is 0.0673. The molecule has 0 saturated carbocycles. The number of hydrogen-bond acceptors (Lipinski definition) is 4. The number of phenolic OH excluding ortho intramolecular Hbond substituents is 2. The van der Waals surface area contributed by atoms with Crippen LogP contribution in [0.3, 0.4) is 0 Å². The summed E-state index contributed by atoms with van der Waals surface area (Å²) >= 11 is 11.8. The third-order valence-electron chi connectivity index (χ3n) is 3.14. The molecule has 1 aliphatic rings. The van der Waals surface area contributed by atoms with Gasteiger partial charge in [-0.1, -0.05) is 23.2 Å². The van der Waals surface area contributed by atoms with Gasteiger partial charge in [0.1, 0.15) is 18.1 Å². The molecule has 0 saturated heterocycles. The molecule has 2 aromatic rings. The number of anilines is 1. The molecule has 0 aliphatic carbocycles. The van der Waals surface area contributed by atoms with Crippen molar-refractivity contribution in [3.05, 3.63) is 45.9 Å². The molecule has 4 nitrogen and oxygen atoms in total. The second-order valence-corrected chi connectivity index (χ2v) is 5.33. The Bertz CT molecular complexity index is 652. The van der Waals surface area contributed by atoms with Crippen molar-refractivity contribution in [2.45, 2.75) is 6.04 Å². The van der Waals surface area contributed by atoms with E-state index in [4.69, 9.17) is 27.9 Å². The molecule has 1 unspecified atom stereocenters. The van der Waals surface area contributed by atoms with Gasteiger partial charge in [0.25, 0.3) is 0 Å². The van der Waals surface area contributed by atoms with Gasteiger partial charge in [0.05, 0.1) is 16.1 Å². The average Bonchev–Trinajstić information content (AvgIpc) is 2.78. The van der Waals surface area contributed by atoms with E-state index in [2.05, 4.69) is 5.32 Å². The van der Waals surface area contributed by atoms with Crippen LogP contribution in [-0.4, -0.2) is 16.8 Å². The van der Waals surface area contributed by atoms with Crippen LogP contribution in [0.4, 0.5) is 5.69 Å². The predicted molar refractivity (Wildman–Crippen MR) is 78.1 cm³/mol. The maximum absolute atomic E-state index is 9.54. The fourth-order valence-corrected chi connectivity index (χ4v) is 2.66. The van der Waals surface area contributed by atoms with Crippen LogP contribution in [0.2, 0.25) is 10.0 Å². The molecule has 20 heavy (non-hydrogen) atoms. The van der Waals surface area contributed by atoms with Crippen molar-refractivity contribution >= 4 is 28.9 Å². The highest BCUT2D eigenvalue weighted by Crippen LogP contribution is 2.39. The Morgan fingerprint density at radius 3 is 2.50 bits per heavy atom. The number of phenols is 2. The van der Waals surface area contributed by atoms with E-state index in [1.165, 1.54) is 0 Å². The van der Waals surface area contributed by atoms with Crippen LogP contribution < -0.4 is 10.1 Å².